The van der Waals surface area contributed by atoms with Gasteiger partial charge in [-0.05, 0) is 36.4 Å². The average molecular weight is 183 g/mol. The Morgan fingerprint density at radius 2 is 2.25 bits per heavy atom. The molecule has 0 saturated carbocycles. The van der Waals surface area contributed by atoms with Gasteiger partial charge in [-0.3, -0.25) is 0 Å². The quantitative estimate of drug-likeness (QED) is 0.757. The molecule has 1 nitrogen and oxygen atoms in total. The minimum atomic E-state index is 0.741. The topological polar surface area (TPSA) is 12.0 Å². The molecule has 0 aromatic carbocycles. The van der Waals surface area contributed by atoms with E-state index in [1.165, 1.54) is 10.4 Å². The molecule has 12 heavy (non-hydrogen) atoms. The van der Waals surface area contributed by atoms with Crippen molar-refractivity contribution in [2.75, 3.05) is 6.54 Å². The Morgan fingerprint density at radius 3 is 2.75 bits per heavy atom. The van der Waals surface area contributed by atoms with Gasteiger partial charge < -0.3 is 5.32 Å². The fraction of sp³-hybridized carbons (Fsp3) is 0.600. The van der Waals surface area contributed by atoms with Gasteiger partial charge in [-0.15, -0.1) is 11.3 Å². The monoisotopic (exact) mass is 183 g/mol. The standard InChI is InChI=1S/C10H17NS/c1-8(2)6-11-7-10-9(3)4-5-12-10/h4-5,8,11H,6-7H2,1-3H3. The van der Waals surface area contributed by atoms with Crippen molar-refractivity contribution < 1.29 is 0 Å². The Morgan fingerprint density at radius 1 is 1.50 bits per heavy atom. The van der Waals surface area contributed by atoms with Crippen molar-refractivity contribution in [1.29, 1.82) is 0 Å². The van der Waals surface area contributed by atoms with E-state index in [0.717, 1.165) is 19.0 Å². The molecule has 0 aliphatic heterocycles. The third-order valence-electron chi connectivity index (χ3n) is 1.81. The van der Waals surface area contributed by atoms with Gasteiger partial charge in [0.2, 0.25) is 0 Å². The fourth-order valence-corrected chi connectivity index (χ4v) is 1.94. The smallest absolute Gasteiger partial charge is 0.0302 e. The molecule has 1 rings (SSSR count). The summed E-state index contributed by atoms with van der Waals surface area (Å²) in [5, 5.41) is 5.59. The van der Waals surface area contributed by atoms with E-state index >= 15 is 0 Å². The minimum Gasteiger partial charge on any atom is -0.312 e. The zero-order chi connectivity index (χ0) is 8.97. The predicted molar refractivity (Wildman–Crippen MR) is 55.6 cm³/mol. The molecular formula is C10H17NS. The molecular weight excluding hydrogens is 166 g/mol. The molecule has 0 fully saturated rings. The summed E-state index contributed by atoms with van der Waals surface area (Å²) in [7, 11) is 0. The van der Waals surface area contributed by atoms with E-state index in [1.54, 1.807) is 0 Å². The largest absolute Gasteiger partial charge is 0.312 e. The van der Waals surface area contributed by atoms with Crippen LogP contribution in [0.4, 0.5) is 0 Å². The van der Waals surface area contributed by atoms with Crippen molar-refractivity contribution in [3.63, 3.8) is 0 Å². The predicted octanol–water partition coefficient (Wildman–Crippen LogP) is 2.80. The number of rotatable bonds is 4. The summed E-state index contributed by atoms with van der Waals surface area (Å²) >= 11 is 1.84. The first-order chi connectivity index (χ1) is 5.70. The van der Waals surface area contributed by atoms with Gasteiger partial charge in [-0.1, -0.05) is 13.8 Å². The van der Waals surface area contributed by atoms with Crippen LogP contribution in [0.3, 0.4) is 0 Å². The SMILES string of the molecule is Cc1ccsc1CNCC(C)C. The average Bonchev–Trinajstić information content (AvgIpc) is 2.36. The van der Waals surface area contributed by atoms with Crippen LogP contribution in [0, 0.1) is 12.8 Å². The van der Waals surface area contributed by atoms with Crippen LogP contribution in [0.25, 0.3) is 0 Å². The van der Waals surface area contributed by atoms with E-state index in [1.807, 2.05) is 11.3 Å². The van der Waals surface area contributed by atoms with Gasteiger partial charge in [0.25, 0.3) is 0 Å². The zero-order valence-electron chi connectivity index (χ0n) is 8.05. The Kier molecular flexibility index (Phi) is 3.76. The van der Waals surface area contributed by atoms with Gasteiger partial charge in [0.05, 0.1) is 0 Å². The van der Waals surface area contributed by atoms with Gasteiger partial charge in [0, 0.05) is 11.4 Å². The van der Waals surface area contributed by atoms with Gasteiger partial charge in [0.15, 0.2) is 0 Å². The first-order valence-electron chi connectivity index (χ1n) is 4.44. The summed E-state index contributed by atoms with van der Waals surface area (Å²) in [4.78, 5) is 1.47. The molecule has 0 atom stereocenters. The third-order valence-corrected chi connectivity index (χ3v) is 2.83. The number of hydrogen-bond donors (Lipinski definition) is 1. The van der Waals surface area contributed by atoms with Crippen LogP contribution in [0.15, 0.2) is 11.4 Å². The molecule has 0 spiro atoms. The van der Waals surface area contributed by atoms with Crippen molar-refractivity contribution in [3.05, 3.63) is 21.9 Å². The van der Waals surface area contributed by atoms with E-state index < -0.39 is 0 Å². The molecule has 1 heterocycles. The van der Waals surface area contributed by atoms with Crippen LogP contribution in [0.2, 0.25) is 0 Å². The summed E-state index contributed by atoms with van der Waals surface area (Å²) in [6, 6.07) is 2.18. The van der Waals surface area contributed by atoms with Crippen molar-refractivity contribution >= 4 is 11.3 Å². The van der Waals surface area contributed by atoms with Gasteiger partial charge in [-0.25, -0.2) is 0 Å². The van der Waals surface area contributed by atoms with Crippen LogP contribution in [-0.2, 0) is 6.54 Å². The third kappa shape index (κ3) is 2.95. The molecule has 0 radical (unpaired) electrons. The lowest BCUT2D eigenvalue weighted by molar-refractivity contribution is 0.554. The molecule has 0 unspecified atom stereocenters. The van der Waals surface area contributed by atoms with Gasteiger partial charge >= 0.3 is 0 Å². The number of thiophene rings is 1. The maximum absolute atomic E-state index is 3.44. The van der Waals surface area contributed by atoms with Crippen LogP contribution >= 0.6 is 11.3 Å². The van der Waals surface area contributed by atoms with Crippen molar-refractivity contribution in [2.45, 2.75) is 27.3 Å². The molecule has 0 bridgehead atoms. The van der Waals surface area contributed by atoms with Gasteiger partial charge in [0.1, 0.15) is 0 Å². The Hall–Kier alpha value is -0.340. The highest BCUT2D eigenvalue weighted by atomic mass is 32.1. The second-order valence-electron chi connectivity index (χ2n) is 3.55. The summed E-state index contributed by atoms with van der Waals surface area (Å²) in [5.74, 6) is 0.741. The number of aryl methyl sites for hydroxylation is 1. The van der Waals surface area contributed by atoms with Crippen LogP contribution in [0.1, 0.15) is 24.3 Å². The second-order valence-corrected chi connectivity index (χ2v) is 4.55. The summed E-state index contributed by atoms with van der Waals surface area (Å²) in [6.45, 7) is 8.77. The fourth-order valence-electron chi connectivity index (χ4n) is 1.06. The van der Waals surface area contributed by atoms with Crippen LogP contribution in [-0.4, -0.2) is 6.54 Å². The first kappa shape index (κ1) is 9.75. The molecule has 2 heteroatoms. The van der Waals surface area contributed by atoms with Crippen molar-refractivity contribution in [1.82, 2.24) is 5.32 Å². The molecule has 68 valence electrons. The highest BCUT2D eigenvalue weighted by Gasteiger charge is 1.99. The molecule has 1 aromatic rings. The highest BCUT2D eigenvalue weighted by Crippen LogP contribution is 2.14. The van der Waals surface area contributed by atoms with Crippen LogP contribution < -0.4 is 5.32 Å². The van der Waals surface area contributed by atoms with Crippen molar-refractivity contribution in [3.8, 4) is 0 Å². The number of hydrogen-bond acceptors (Lipinski definition) is 2. The normalized spacial score (nSPS) is 11.0. The molecule has 1 aromatic heterocycles. The second kappa shape index (κ2) is 4.63. The van der Waals surface area contributed by atoms with E-state index in [9.17, 15) is 0 Å². The molecule has 0 amide bonds. The van der Waals surface area contributed by atoms with Gasteiger partial charge in [-0.2, -0.15) is 0 Å². The van der Waals surface area contributed by atoms with E-state index in [2.05, 4.69) is 37.5 Å². The van der Waals surface area contributed by atoms with Crippen LogP contribution in [0.5, 0.6) is 0 Å². The molecule has 0 aliphatic carbocycles. The molecule has 0 saturated heterocycles. The van der Waals surface area contributed by atoms with E-state index in [0.29, 0.717) is 0 Å². The number of nitrogens with one attached hydrogen (secondary N) is 1. The summed E-state index contributed by atoms with van der Waals surface area (Å²) in [5.41, 5.74) is 1.41. The maximum atomic E-state index is 3.44. The summed E-state index contributed by atoms with van der Waals surface area (Å²) < 4.78 is 0. The molecule has 1 N–H and O–H groups in total. The lowest BCUT2D eigenvalue weighted by atomic mass is 10.2. The first-order valence-corrected chi connectivity index (χ1v) is 5.32. The highest BCUT2D eigenvalue weighted by molar-refractivity contribution is 7.10. The lowest BCUT2D eigenvalue weighted by Gasteiger charge is -2.06. The lowest BCUT2D eigenvalue weighted by Crippen LogP contribution is -2.18. The molecule has 0 aliphatic rings. The van der Waals surface area contributed by atoms with E-state index in [-0.39, 0.29) is 0 Å². The zero-order valence-corrected chi connectivity index (χ0v) is 8.87. The summed E-state index contributed by atoms with van der Waals surface area (Å²) in [6.07, 6.45) is 0. The minimum absolute atomic E-state index is 0.741. The maximum Gasteiger partial charge on any atom is 0.0302 e. The Balaban J connectivity index is 2.29. The Bertz CT molecular complexity index is 227. The van der Waals surface area contributed by atoms with E-state index in [4.69, 9.17) is 0 Å². The van der Waals surface area contributed by atoms with Crippen molar-refractivity contribution in [2.24, 2.45) is 5.92 Å². The Labute approximate surface area is 78.8 Å².